The zero-order valence-corrected chi connectivity index (χ0v) is 20.7. The number of nitrogens with zero attached hydrogens (tertiary/aromatic N) is 2. The van der Waals surface area contributed by atoms with Crippen molar-refractivity contribution in [3.8, 4) is 0 Å². The van der Waals surface area contributed by atoms with Crippen LogP contribution in [0.25, 0.3) is 0 Å². The van der Waals surface area contributed by atoms with Crippen molar-refractivity contribution in [1.82, 2.24) is 20.3 Å². The van der Waals surface area contributed by atoms with Crippen molar-refractivity contribution in [2.75, 3.05) is 33.7 Å². The molecule has 1 aromatic rings. The lowest BCUT2D eigenvalue weighted by atomic mass is 10.1. The van der Waals surface area contributed by atoms with Crippen LogP contribution in [-0.4, -0.2) is 64.5 Å². The van der Waals surface area contributed by atoms with E-state index in [0.717, 1.165) is 11.3 Å². The van der Waals surface area contributed by atoms with Crippen LogP contribution in [0.1, 0.15) is 20.8 Å². The van der Waals surface area contributed by atoms with E-state index in [1.54, 1.807) is 25.1 Å². The summed E-state index contributed by atoms with van der Waals surface area (Å²) >= 11 is 6.76. The van der Waals surface area contributed by atoms with E-state index in [2.05, 4.69) is 20.3 Å². The summed E-state index contributed by atoms with van der Waals surface area (Å²) in [6.45, 7) is 6.34. The number of thiophene rings is 1. The monoisotopic (exact) mass is 551 g/mol. The molecule has 0 saturated heterocycles. The third kappa shape index (κ3) is 9.92. The van der Waals surface area contributed by atoms with Gasteiger partial charge in [-0.2, -0.15) is 0 Å². The van der Waals surface area contributed by atoms with Gasteiger partial charge in [0.1, 0.15) is 4.21 Å². The number of carbonyl (C=O) groups is 1. The third-order valence-electron chi connectivity index (χ3n) is 2.98. The minimum atomic E-state index is -3.58. The zero-order chi connectivity index (χ0) is 20.0. The van der Waals surface area contributed by atoms with Gasteiger partial charge in [0.25, 0.3) is 0 Å². The molecule has 0 aliphatic heterocycles. The zero-order valence-electron chi connectivity index (χ0n) is 16.0. The fourth-order valence-corrected chi connectivity index (χ4v) is 4.56. The number of hydrogen-bond acceptors (Lipinski definition) is 5. The number of aliphatic imine (C=N–C) groups is 1. The van der Waals surface area contributed by atoms with Crippen molar-refractivity contribution < 1.29 is 13.2 Å². The summed E-state index contributed by atoms with van der Waals surface area (Å²) in [4.78, 5) is 17.7. The average Bonchev–Trinajstić information content (AvgIpc) is 2.92. The maximum atomic E-state index is 12.1. The van der Waals surface area contributed by atoms with E-state index in [0.29, 0.717) is 16.8 Å². The van der Waals surface area contributed by atoms with Crippen molar-refractivity contribution in [2.24, 2.45) is 4.99 Å². The van der Waals surface area contributed by atoms with Crippen molar-refractivity contribution in [2.45, 2.75) is 30.5 Å². The van der Waals surface area contributed by atoms with Crippen LogP contribution in [0.5, 0.6) is 0 Å². The minimum Gasteiger partial charge on any atom is -0.355 e. The van der Waals surface area contributed by atoms with E-state index in [9.17, 15) is 13.2 Å². The van der Waals surface area contributed by atoms with Crippen LogP contribution in [0.4, 0.5) is 0 Å². The Morgan fingerprint density at radius 1 is 1.30 bits per heavy atom. The second kappa shape index (κ2) is 11.4. The average molecular weight is 552 g/mol. The molecular formula is C15H27ClIN5O3S2. The van der Waals surface area contributed by atoms with Gasteiger partial charge in [-0.05, 0) is 32.9 Å². The van der Waals surface area contributed by atoms with Gasteiger partial charge < -0.3 is 15.5 Å². The lowest BCUT2D eigenvalue weighted by Gasteiger charge is -2.25. The highest BCUT2D eigenvalue weighted by atomic mass is 127. The van der Waals surface area contributed by atoms with E-state index in [4.69, 9.17) is 11.6 Å². The van der Waals surface area contributed by atoms with Gasteiger partial charge in [-0.25, -0.2) is 13.1 Å². The van der Waals surface area contributed by atoms with Gasteiger partial charge in [-0.3, -0.25) is 9.79 Å². The highest BCUT2D eigenvalue weighted by molar-refractivity contribution is 14.0. The van der Waals surface area contributed by atoms with Gasteiger partial charge in [0.05, 0.1) is 10.9 Å². The Balaban J connectivity index is 0.00000676. The Kier molecular flexibility index (Phi) is 11.1. The summed E-state index contributed by atoms with van der Waals surface area (Å²) in [6.07, 6.45) is 0. The van der Waals surface area contributed by atoms with Crippen LogP contribution >= 0.6 is 46.9 Å². The molecule has 1 aromatic heterocycles. The van der Waals surface area contributed by atoms with Crippen molar-refractivity contribution >= 4 is 68.8 Å². The normalized spacial score (nSPS) is 12.3. The Morgan fingerprint density at radius 3 is 2.41 bits per heavy atom. The summed E-state index contributed by atoms with van der Waals surface area (Å²) in [7, 11) is -0.250. The lowest BCUT2D eigenvalue weighted by Crippen LogP contribution is -2.49. The molecule has 1 amide bonds. The molecule has 8 nitrogen and oxygen atoms in total. The molecule has 156 valence electrons. The lowest BCUT2D eigenvalue weighted by molar-refractivity contribution is -0.122. The summed E-state index contributed by atoms with van der Waals surface area (Å²) in [5.41, 5.74) is -0.308. The molecule has 0 radical (unpaired) electrons. The predicted octanol–water partition coefficient (Wildman–Crippen LogP) is 1.72. The molecule has 1 heterocycles. The fraction of sp³-hybridized carbons (Fsp3) is 0.600. The first kappa shape index (κ1) is 26.4. The third-order valence-corrected chi connectivity index (χ3v) is 6.17. The van der Waals surface area contributed by atoms with Crippen LogP contribution in [0.2, 0.25) is 4.34 Å². The minimum absolute atomic E-state index is 0. The van der Waals surface area contributed by atoms with Crippen molar-refractivity contribution in [3.63, 3.8) is 0 Å². The number of amides is 1. The Hall–Kier alpha value is -0.630. The molecule has 0 spiro atoms. The van der Waals surface area contributed by atoms with E-state index in [-0.39, 0.29) is 52.7 Å². The maximum Gasteiger partial charge on any atom is 0.250 e. The Morgan fingerprint density at radius 2 is 1.93 bits per heavy atom. The van der Waals surface area contributed by atoms with Gasteiger partial charge in [0, 0.05) is 32.7 Å². The number of nitrogens with one attached hydrogen (secondary N) is 3. The number of halogens is 2. The highest BCUT2D eigenvalue weighted by Crippen LogP contribution is 2.25. The second-order valence-electron chi connectivity index (χ2n) is 6.58. The highest BCUT2D eigenvalue weighted by Gasteiger charge is 2.18. The van der Waals surface area contributed by atoms with E-state index < -0.39 is 10.0 Å². The summed E-state index contributed by atoms with van der Waals surface area (Å²) in [5.74, 6) is 0.366. The fourth-order valence-electron chi connectivity index (χ4n) is 2.01. The Labute approximate surface area is 187 Å². The first-order chi connectivity index (χ1) is 11.9. The molecule has 0 unspecified atom stereocenters. The van der Waals surface area contributed by atoms with E-state index >= 15 is 0 Å². The molecule has 27 heavy (non-hydrogen) atoms. The van der Waals surface area contributed by atoms with Crippen LogP contribution < -0.4 is 15.4 Å². The maximum absolute atomic E-state index is 12.1. The second-order valence-corrected chi connectivity index (χ2v) is 10.3. The molecular weight excluding hydrogens is 525 g/mol. The number of rotatable bonds is 7. The van der Waals surface area contributed by atoms with Gasteiger partial charge in [0.15, 0.2) is 5.96 Å². The number of likely N-dealkylation sites (N-methyl/N-ethyl adjacent to an activating group) is 1. The van der Waals surface area contributed by atoms with Crippen LogP contribution in [0, 0.1) is 0 Å². The molecule has 0 aliphatic carbocycles. The number of guanidine groups is 1. The number of hydrogen-bond donors (Lipinski definition) is 3. The largest absolute Gasteiger partial charge is 0.355 e. The van der Waals surface area contributed by atoms with Gasteiger partial charge in [0.2, 0.25) is 15.9 Å². The summed E-state index contributed by atoms with van der Waals surface area (Å²) < 4.78 is 27.3. The smallest absolute Gasteiger partial charge is 0.250 e. The van der Waals surface area contributed by atoms with Crippen molar-refractivity contribution in [3.05, 3.63) is 16.5 Å². The predicted molar refractivity (Wildman–Crippen MR) is 122 cm³/mol. The molecule has 0 saturated carbocycles. The molecule has 0 atom stereocenters. The SMILES string of the molecule is CN=C(NCCNS(=O)(=O)c1ccc(Cl)s1)N(C)CC(=O)NC(C)(C)C.I. The molecule has 0 fully saturated rings. The number of sulfonamides is 1. The summed E-state index contributed by atoms with van der Waals surface area (Å²) in [5, 5.41) is 5.88. The molecule has 0 bridgehead atoms. The standard InChI is InChI=1S/C15H26ClN5O3S2.HI/c1-15(2,3)20-12(22)10-21(5)14(17-4)18-8-9-19-26(23,24)13-7-6-11(16)25-13;/h6-7,19H,8-10H2,1-5H3,(H,17,18)(H,20,22);1H. The van der Waals surface area contributed by atoms with Crippen LogP contribution in [0.15, 0.2) is 21.3 Å². The number of carbonyl (C=O) groups excluding carboxylic acids is 1. The molecule has 0 aromatic carbocycles. The van der Waals surface area contributed by atoms with E-state index in [1.807, 2.05) is 20.8 Å². The van der Waals surface area contributed by atoms with Gasteiger partial charge in [-0.15, -0.1) is 35.3 Å². The molecule has 12 heteroatoms. The van der Waals surface area contributed by atoms with Gasteiger partial charge in [-0.1, -0.05) is 11.6 Å². The van der Waals surface area contributed by atoms with Crippen LogP contribution in [0.3, 0.4) is 0 Å². The molecule has 3 N–H and O–H groups in total. The first-order valence-corrected chi connectivity index (χ1v) is 10.6. The topological polar surface area (TPSA) is 103 Å². The quantitative estimate of drug-likeness (QED) is 0.207. The Bertz CT molecular complexity index is 747. The molecule has 0 aliphatic rings. The first-order valence-electron chi connectivity index (χ1n) is 7.92. The van der Waals surface area contributed by atoms with Crippen molar-refractivity contribution in [1.29, 1.82) is 0 Å². The molecule has 1 rings (SSSR count). The van der Waals surface area contributed by atoms with Gasteiger partial charge >= 0.3 is 0 Å². The van der Waals surface area contributed by atoms with E-state index in [1.165, 1.54) is 6.07 Å². The summed E-state index contributed by atoms with van der Waals surface area (Å²) in [6, 6.07) is 3.00. The van der Waals surface area contributed by atoms with Crippen LogP contribution in [-0.2, 0) is 14.8 Å².